The average molecular weight is 533 g/mol. The van der Waals surface area contributed by atoms with Crippen LogP contribution in [0.2, 0.25) is 0 Å². The number of hydrogen-bond donors (Lipinski definition) is 2. The first kappa shape index (κ1) is 26.1. The van der Waals surface area contributed by atoms with Crippen LogP contribution in [-0.4, -0.2) is 75.7 Å². The molecule has 5 rings (SSSR count). The molecule has 2 aliphatic heterocycles. The van der Waals surface area contributed by atoms with E-state index in [1.54, 1.807) is 11.8 Å². The van der Waals surface area contributed by atoms with E-state index in [-0.39, 0.29) is 36.0 Å². The zero-order valence-corrected chi connectivity index (χ0v) is 22.3. The van der Waals surface area contributed by atoms with Crippen molar-refractivity contribution in [3.05, 3.63) is 58.7 Å². The molecule has 2 aromatic heterocycles. The fraction of sp³-hybridized carbons (Fsp3) is 0.407. The zero-order chi connectivity index (χ0) is 27.7. The number of H-pyrrole nitrogens is 1. The maximum atomic E-state index is 13.0. The molecular formula is C27H32N8O4. The number of carbonyl (C=O) groups excluding carboxylic acids is 2. The van der Waals surface area contributed by atoms with Crippen molar-refractivity contribution < 1.29 is 14.3 Å². The van der Waals surface area contributed by atoms with E-state index in [9.17, 15) is 14.4 Å². The summed E-state index contributed by atoms with van der Waals surface area (Å²) in [6.45, 7) is 12.1. The molecule has 2 amide bonds. The highest BCUT2D eigenvalue weighted by atomic mass is 16.6. The molecule has 204 valence electrons. The lowest BCUT2D eigenvalue weighted by molar-refractivity contribution is -0.126. The summed E-state index contributed by atoms with van der Waals surface area (Å²) in [5, 5.41) is 4.09. The number of piperazine rings is 1. The van der Waals surface area contributed by atoms with Crippen molar-refractivity contribution in [3.8, 4) is 0 Å². The Labute approximate surface area is 225 Å². The number of carbonyl (C=O) groups is 2. The maximum Gasteiger partial charge on any atom is 0.417 e. The summed E-state index contributed by atoms with van der Waals surface area (Å²) in [5.74, 6) is 0.873. The lowest BCUT2D eigenvalue weighted by Gasteiger charge is -2.35. The molecule has 12 nitrogen and oxygen atoms in total. The number of pyridine rings is 1. The number of nitrogens with zero attached hydrogens (tertiary/aromatic N) is 6. The number of aromatic amines is 1. The highest BCUT2D eigenvalue weighted by molar-refractivity contribution is 5.88. The highest BCUT2D eigenvalue weighted by Gasteiger charge is 2.35. The molecule has 2 aliphatic rings. The first-order valence-corrected chi connectivity index (χ1v) is 13.1. The number of cyclic esters (lactones) is 1. The van der Waals surface area contributed by atoms with Crippen LogP contribution in [0.3, 0.4) is 0 Å². The summed E-state index contributed by atoms with van der Waals surface area (Å²) >= 11 is 0. The Hall–Kier alpha value is -4.48. The lowest BCUT2D eigenvalue weighted by atomic mass is 10.1. The maximum absolute atomic E-state index is 13.0. The number of benzene rings is 1. The van der Waals surface area contributed by atoms with Gasteiger partial charge in [-0.15, -0.1) is 0 Å². The van der Waals surface area contributed by atoms with E-state index in [4.69, 9.17) is 4.74 Å². The van der Waals surface area contributed by atoms with Crippen LogP contribution in [0.1, 0.15) is 37.7 Å². The van der Waals surface area contributed by atoms with E-state index in [2.05, 4.69) is 36.7 Å². The largest absolute Gasteiger partial charge is 0.447 e. The van der Waals surface area contributed by atoms with Gasteiger partial charge in [0.2, 0.25) is 17.8 Å². The van der Waals surface area contributed by atoms with Crippen molar-refractivity contribution in [1.29, 1.82) is 0 Å². The number of amides is 2. The summed E-state index contributed by atoms with van der Waals surface area (Å²) in [6, 6.07) is 7.21. The summed E-state index contributed by atoms with van der Waals surface area (Å²) in [6.07, 6.45) is 1.56. The molecule has 0 radical (unpaired) electrons. The second-order valence-electron chi connectivity index (χ2n) is 9.72. The van der Waals surface area contributed by atoms with Crippen molar-refractivity contribution in [1.82, 2.24) is 24.8 Å². The summed E-state index contributed by atoms with van der Waals surface area (Å²) < 4.78 is 5.18. The summed E-state index contributed by atoms with van der Waals surface area (Å²) in [4.78, 5) is 58.8. The van der Waals surface area contributed by atoms with Crippen LogP contribution in [0.15, 0.2) is 41.7 Å². The van der Waals surface area contributed by atoms with Gasteiger partial charge in [0.25, 0.3) is 5.56 Å². The third kappa shape index (κ3) is 5.27. The molecule has 0 saturated carbocycles. The van der Waals surface area contributed by atoms with Crippen LogP contribution in [0, 0.1) is 6.92 Å². The number of aryl methyl sites for hydroxylation is 1. The smallest absolute Gasteiger partial charge is 0.417 e. The predicted molar refractivity (Wildman–Crippen MR) is 148 cm³/mol. The van der Waals surface area contributed by atoms with Gasteiger partial charge in [0.1, 0.15) is 12.4 Å². The van der Waals surface area contributed by atoms with Crippen molar-refractivity contribution >= 4 is 40.5 Å². The number of ether oxygens (including phenoxy) is 1. The van der Waals surface area contributed by atoms with Gasteiger partial charge in [-0.3, -0.25) is 9.59 Å². The Balaban J connectivity index is 1.37. The third-order valence-electron chi connectivity index (χ3n) is 7.18. The van der Waals surface area contributed by atoms with Gasteiger partial charge >= 0.3 is 6.09 Å². The standard InChI is InChI=1S/C27H32N8O4/c1-5-19-15-39-27(38)35(19)26-30-17(4)29-25(32-26)28-16(3)21-14-18-13-20(7-8-22(18)31-24(21)37)33-9-11-34(12-10-33)23(36)6-2/h6-8,13-14,16,19H,2,5,9-12,15H2,1,3-4H3,(H,31,37)(H,28,29,30,32)/t16-,19-/m0/s1. The van der Waals surface area contributed by atoms with Crippen molar-refractivity contribution in [2.45, 2.75) is 39.3 Å². The molecular weight excluding hydrogens is 500 g/mol. The molecule has 0 spiro atoms. The van der Waals surface area contributed by atoms with Crippen LogP contribution in [0.25, 0.3) is 10.9 Å². The van der Waals surface area contributed by atoms with Gasteiger partial charge in [-0.25, -0.2) is 9.69 Å². The quantitative estimate of drug-likeness (QED) is 0.440. The Morgan fingerprint density at radius 1 is 1.21 bits per heavy atom. The molecule has 2 N–H and O–H groups in total. The molecule has 39 heavy (non-hydrogen) atoms. The van der Waals surface area contributed by atoms with E-state index < -0.39 is 12.1 Å². The molecule has 2 atom stereocenters. The van der Waals surface area contributed by atoms with Crippen LogP contribution in [-0.2, 0) is 9.53 Å². The second kappa shape index (κ2) is 10.7. The lowest BCUT2D eigenvalue weighted by Crippen LogP contribution is -2.48. The molecule has 2 saturated heterocycles. The van der Waals surface area contributed by atoms with E-state index in [0.29, 0.717) is 44.0 Å². The normalized spacial score (nSPS) is 18.3. The highest BCUT2D eigenvalue weighted by Crippen LogP contribution is 2.26. The molecule has 1 aromatic carbocycles. The first-order chi connectivity index (χ1) is 18.8. The Bertz CT molecular complexity index is 1480. The van der Waals surface area contributed by atoms with E-state index in [0.717, 1.165) is 16.6 Å². The Morgan fingerprint density at radius 3 is 2.69 bits per heavy atom. The third-order valence-corrected chi connectivity index (χ3v) is 7.18. The zero-order valence-electron chi connectivity index (χ0n) is 22.3. The van der Waals surface area contributed by atoms with Crippen LogP contribution in [0.4, 0.5) is 22.4 Å². The number of anilines is 3. The number of hydrogen-bond acceptors (Lipinski definition) is 9. The monoisotopic (exact) mass is 532 g/mol. The molecule has 0 bridgehead atoms. The molecule has 2 fully saturated rings. The Morgan fingerprint density at radius 2 is 1.97 bits per heavy atom. The van der Waals surface area contributed by atoms with E-state index >= 15 is 0 Å². The fourth-order valence-electron chi connectivity index (χ4n) is 4.96. The molecule has 3 aromatic rings. The van der Waals surface area contributed by atoms with Crippen LogP contribution >= 0.6 is 0 Å². The molecule has 4 heterocycles. The van der Waals surface area contributed by atoms with Crippen LogP contribution in [0.5, 0.6) is 0 Å². The van der Waals surface area contributed by atoms with Gasteiger partial charge in [-0.2, -0.15) is 15.0 Å². The van der Waals surface area contributed by atoms with E-state index in [1.807, 2.05) is 38.1 Å². The molecule has 12 heteroatoms. The number of rotatable bonds is 7. The van der Waals surface area contributed by atoms with Crippen molar-refractivity contribution in [3.63, 3.8) is 0 Å². The topological polar surface area (TPSA) is 137 Å². The predicted octanol–water partition coefficient (Wildman–Crippen LogP) is 2.76. The average Bonchev–Trinajstić information content (AvgIpc) is 3.32. The number of fused-ring (bicyclic) bond motifs is 1. The number of nitrogens with one attached hydrogen (secondary N) is 2. The second-order valence-corrected chi connectivity index (χ2v) is 9.72. The molecule has 0 aliphatic carbocycles. The number of aromatic nitrogens is 4. The van der Waals surface area contributed by atoms with Gasteiger partial charge in [0, 0.05) is 48.3 Å². The fourth-order valence-corrected chi connectivity index (χ4v) is 4.96. The van der Waals surface area contributed by atoms with Crippen molar-refractivity contribution in [2.75, 3.05) is 47.9 Å². The van der Waals surface area contributed by atoms with Gasteiger partial charge < -0.3 is 24.8 Å². The van der Waals surface area contributed by atoms with Gasteiger partial charge in [-0.05, 0) is 50.6 Å². The van der Waals surface area contributed by atoms with E-state index in [1.165, 1.54) is 11.0 Å². The van der Waals surface area contributed by atoms with Gasteiger partial charge in [0.15, 0.2) is 0 Å². The Kier molecular flexibility index (Phi) is 7.18. The SMILES string of the molecule is C=CC(=O)N1CCN(c2ccc3[nH]c(=O)c([C@H](C)Nc4nc(C)nc(N5C(=O)OC[C@@H]5CC)n4)cc3c2)CC1. The van der Waals surface area contributed by atoms with Gasteiger partial charge in [0.05, 0.1) is 12.1 Å². The van der Waals surface area contributed by atoms with Crippen LogP contribution < -0.4 is 20.7 Å². The molecule has 0 unspecified atom stereocenters. The van der Waals surface area contributed by atoms with Gasteiger partial charge in [-0.1, -0.05) is 13.5 Å². The minimum Gasteiger partial charge on any atom is -0.447 e. The summed E-state index contributed by atoms with van der Waals surface area (Å²) in [7, 11) is 0. The minimum absolute atomic E-state index is 0.0529. The minimum atomic E-state index is -0.484. The first-order valence-electron chi connectivity index (χ1n) is 13.1. The summed E-state index contributed by atoms with van der Waals surface area (Å²) in [5.41, 5.74) is 2.06. The van der Waals surface area contributed by atoms with Crippen molar-refractivity contribution in [2.24, 2.45) is 0 Å².